The Morgan fingerprint density at radius 3 is 2.69 bits per heavy atom. The van der Waals surface area contributed by atoms with Gasteiger partial charge in [-0.15, -0.1) is 0 Å². The second kappa shape index (κ2) is 8.80. The number of benzene rings is 2. The number of para-hydroxylation sites is 2. The molecule has 1 unspecified atom stereocenters. The molecule has 0 saturated carbocycles. The average molecular weight is 427 g/mol. The molecule has 4 aromatic rings. The van der Waals surface area contributed by atoms with Crippen molar-refractivity contribution in [2.75, 3.05) is 24.5 Å². The van der Waals surface area contributed by atoms with E-state index in [0.29, 0.717) is 12.2 Å². The topological polar surface area (TPSA) is 75.1 Å². The molecular weight excluding hydrogens is 400 g/mol. The first-order valence-corrected chi connectivity index (χ1v) is 10.9. The van der Waals surface area contributed by atoms with E-state index in [9.17, 15) is 4.79 Å². The lowest BCUT2D eigenvalue weighted by Crippen LogP contribution is -2.46. The van der Waals surface area contributed by atoms with Gasteiger partial charge in [0.1, 0.15) is 17.3 Å². The van der Waals surface area contributed by atoms with Gasteiger partial charge in [0.05, 0.1) is 17.6 Å². The smallest absolute Gasteiger partial charge is 0.270 e. The first-order chi connectivity index (χ1) is 15.7. The van der Waals surface area contributed by atoms with Crippen molar-refractivity contribution in [1.82, 2.24) is 25.2 Å². The molecular formula is C25H26N6O. The third-order valence-electron chi connectivity index (χ3n) is 5.96. The standard InChI is InChI=1S/C25H26N6O/c1-30-22-12-6-5-10-19(22)28-24(30)16-27-25(32)20-11-7-13-23(29-20)31-15-14-26-21(17-31)18-8-3-2-4-9-18/h2-13,21,26H,14-17H2,1H3,(H,27,32). The lowest BCUT2D eigenvalue weighted by molar-refractivity contribution is 0.0944. The van der Waals surface area contributed by atoms with Crippen LogP contribution in [0.25, 0.3) is 11.0 Å². The number of hydrogen-bond acceptors (Lipinski definition) is 5. The molecule has 1 saturated heterocycles. The molecule has 2 aromatic carbocycles. The van der Waals surface area contributed by atoms with E-state index in [-0.39, 0.29) is 11.9 Å². The van der Waals surface area contributed by atoms with Gasteiger partial charge in [0.15, 0.2) is 0 Å². The molecule has 1 atom stereocenters. The number of imidazole rings is 1. The van der Waals surface area contributed by atoms with Crippen LogP contribution in [-0.4, -0.2) is 40.1 Å². The zero-order valence-corrected chi connectivity index (χ0v) is 18.0. The van der Waals surface area contributed by atoms with Crippen molar-refractivity contribution in [1.29, 1.82) is 0 Å². The second-order valence-corrected chi connectivity index (χ2v) is 8.00. The third kappa shape index (κ3) is 4.07. The number of nitrogens with zero attached hydrogens (tertiary/aromatic N) is 4. The molecule has 2 aromatic heterocycles. The van der Waals surface area contributed by atoms with E-state index in [1.54, 1.807) is 6.07 Å². The Hall–Kier alpha value is -3.71. The van der Waals surface area contributed by atoms with Crippen molar-refractivity contribution in [3.05, 3.63) is 89.9 Å². The molecule has 0 bridgehead atoms. The van der Waals surface area contributed by atoms with Crippen LogP contribution in [0, 0.1) is 0 Å². The minimum absolute atomic E-state index is 0.200. The maximum atomic E-state index is 12.8. The van der Waals surface area contributed by atoms with Gasteiger partial charge in [-0.05, 0) is 29.8 Å². The van der Waals surface area contributed by atoms with Gasteiger partial charge < -0.3 is 20.1 Å². The van der Waals surface area contributed by atoms with E-state index < -0.39 is 0 Å². The summed E-state index contributed by atoms with van der Waals surface area (Å²) < 4.78 is 2.00. The molecule has 1 amide bonds. The second-order valence-electron chi connectivity index (χ2n) is 8.00. The molecule has 0 radical (unpaired) electrons. The molecule has 3 heterocycles. The van der Waals surface area contributed by atoms with Crippen LogP contribution in [0.3, 0.4) is 0 Å². The number of amides is 1. The summed E-state index contributed by atoms with van der Waals surface area (Å²) in [5.41, 5.74) is 3.64. The predicted octanol–water partition coefficient (Wildman–Crippen LogP) is 3.05. The summed E-state index contributed by atoms with van der Waals surface area (Å²) in [5, 5.41) is 6.54. The Morgan fingerprint density at radius 2 is 1.84 bits per heavy atom. The average Bonchev–Trinajstić information content (AvgIpc) is 3.19. The summed E-state index contributed by atoms with van der Waals surface area (Å²) in [4.78, 5) is 24.3. The van der Waals surface area contributed by atoms with Crippen LogP contribution >= 0.6 is 0 Å². The minimum Gasteiger partial charge on any atom is -0.353 e. The number of pyridine rings is 1. The Kier molecular flexibility index (Phi) is 5.56. The highest BCUT2D eigenvalue weighted by Gasteiger charge is 2.22. The molecule has 32 heavy (non-hydrogen) atoms. The number of fused-ring (bicyclic) bond motifs is 1. The Labute approximate surface area is 187 Å². The number of carbonyl (C=O) groups is 1. The molecule has 7 nitrogen and oxygen atoms in total. The first-order valence-electron chi connectivity index (χ1n) is 10.9. The summed E-state index contributed by atoms with van der Waals surface area (Å²) in [5.74, 6) is 1.43. The van der Waals surface area contributed by atoms with Crippen molar-refractivity contribution >= 4 is 22.8 Å². The summed E-state index contributed by atoms with van der Waals surface area (Å²) in [6.07, 6.45) is 0. The number of piperazine rings is 1. The fraction of sp³-hybridized carbons (Fsp3) is 0.240. The van der Waals surface area contributed by atoms with E-state index >= 15 is 0 Å². The molecule has 5 rings (SSSR count). The van der Waals surface area contributed by atoms with Crippen molar-refractivity contribution in [3.8, 4) is 0 Å². The first kappa shape index (κ1) is 20.2. The van der Waals surface area contributed by atoms with E-state index in [1.165, 1.54) is 5.56 Å². The Morgan fingerprint density at radius 1 is 1.03 bits per heavy atom. The lowest BCUT2D eigenvalue weighted by Gasteiger charge is -2.34. The highest BCUT2D eigenvalue weighted by Crippen LogP contribution is 2.21. The highest BCUT2D eigenvalue weighted by atomic mass is 16.1. The molecule has 162 valence electrons. The van der Waals surface area contributed by atoms with Crippen molar-refractivity contribution in [2.45, 2.75) is 12.6 Å². The van der Waals surface area contributed by atoms with E-state index in [4.69, 9.17) is 0 Å². The zero-order valence-electron chi connectivity index (χ0n) is 18.0. The van der Waals surface area contributed by atoms with E-state index in [2.05, 4.69) is 49.8 Å². The van der Waals surface area contributed by atoms with Crippen molar-refractivity contribution in [2.24, 2.45) is 7.05 Å². The number of rotatable bonds is 5. The molecule has 1 aliphatic heterocycles. The van der Waals surface area contributed by atoms with Crippen LogP contribution in [0.15, 0.2) is 72.8 Å². The Bertz CT molecular complexity index is 1240. The summed E-state index contributed by atoms with van der Waals surface area (Å²) >= 11 is 0. The number of aromatic nitrogens is 3. The normalized spacial score (nSPS) is 16.3. The van der Waals surface area contributed by atoms with Gasteiger partial charge in [-0.1, -0.05) is 48.5 Å². The third-order valence-corrected chi connectivity index (χ3v) is 5.96. The van der Waals surface area contributed by atoms with Crippen LogP contribution in [0.2, 0.25) is 0 Å². The summed E-state index contributed by atoms with van der Waals surface area (Å²) in [6.45, 7) is 2.87. The molecule has 2 N–H and O–H groups in total. The van der Waals surface area contributed by atoms with E-state index in [1.807, 2.05) is 54.1 Å². The molecule has 0 aliphatic carbocycles. The Balaban J connectivity index is 1.28. The van der Waals surface area contributed by atoms with Crippen LogP contribution in [0.5, 0.6) is 0 Å². The van der Waals surface area contributed by atoms with Crippen LogP contribution in [-0.2, 0) is 13.6 Å². The fourth-order valence-electron chi connectivity index (χ4n) is 4.20. The van der Waals surface area contributed by atoms with Crippen LogP contribution < -0.4 is 15.5 Å². The quantitative estimate of drug-likeness (QED) is 0.513. The number of hydrogen-bond donors (Lipinski definition) is 2. The van der Waals surface area contributed by atoms with Gasteiger partial charge in [0.25, 0.3) is 5.91 Å². The minimum atomic E-state index is -0.200. The zero-order chi connectivity index (χ0) is 21.9. The van der Waals surface area contributed by atoms with Gasteiger partial charge >= 0.3 is 0 Å². The molecule has 1 fully saturated rings. The predicted molar refractivity (Wildman–Crippen MR) is 126 cm³/mol. The highest BCUT2D eigenvalue weighted by molar-refractivity contribution is 5.92. The number of anilines is 1. The number of nitrogens with one attached hydrogen (secondary N) is 2. The maximum absolute atomic E-state index is 12.8. The summed E-state index contributed by atoms with van der Waals surface area (Å²) in [7, 11) is 1.96. The SMILES string of the molecule is Cn1c(CNC(=O)c2cccc(N3CCNC(c4ccccc4)C3)n2)nc2ccccc21. The largest absolute Gasteiger partial charge is 0.353 e. The number of carbonyl (C=O) groups excluding carboxylic acids is 1. The fourth-order valence-corrected chi connectivity index (χ4v) is 4.20. The van der Waals surface area contributed by atoms with E-state index in [0.717, 1.165) is 42.3 Å². The van der Waals surface area contributed by atoms with Gasteiger partial charge in [-0.25, -0.2) is 9.97 Å². The van der Waals surface area contributed by atoms with Crippen molar-refractivity contribution in [3.63, 3.8) is 0 Å². The monoisotopic (exact) mass is 426 g/mol. The van der Waals surface area contributed by atoms with Crippen LogP contribution in [0.1, 0.15) is 27.9 Å². The van der Waals surface area contributed by atoms with Crippen LogP contribution in [0.4, 0.5) is 5.82 Å². The van der Waals surface area contributed by atoms with Gasteiger partial charge in [0, 0.05) is 32.7 Å². The maximum Gasteiger partial charge on any atom is 0.270 e. The van der Waals surface area contributed by atoms with Gasteiger partial charge in [-0.2, -0.15) is 0 Å². The van der Waals surface area contributed by atoms with Gasteiger partial charge in [-0.3, -0.25) is 4.79 Å². The summed E-state index contributed by atoms with van der Waals surface area (Å²) in [6, 6.07) is 24.2. The molecule has 7 heteroatoms. The number of aryl methyl sites for hydroxylation is 1. The van der Waals surface area contributed by atoms with Crippen molar-refractivity contribution < 1.29 is 4.79 Å². The van der Waals surface area contributed by atoms with Gasteiger partial charge in [0.2, 0.25) is 0 Å². The molecule has 0 spiro atoms. The lowest BCUT2D eigenvalue weighted by atomic mass is 10.0. The molecule has 1 aliphatic rings.